The van der Waals surface area contributed by atoms with E-state index in [1.165, 1.54) is 30.6 Å². The minimum Gasteiger partial charge on any atom is -0.341 e. The largest absolute Gasteiger partial charge is 0.341 e. The zero-order chi connectivity index (χ0) is 14.1. The van der Waals surface area contributed by atoms with Crippen molar-refractivity contribution in [3.05, 3.63) is 20.8 Å². The number of halogens is 1. The quantitative estimate of drug-likeness (QED) is 0.896. The van der Waals surface area contributed by atoms with Crippen LogP contribution in [0.1, 0.15) is 37.0 Å². The van der Waals surface area contributed by atoms with E-state index in [2.05, 4.69) is 32.7 Å². The predicted molar refractivity (Wildman–Crippen MR) is 85.8 cm³/mol. The van der Waals surface area contributed by atoms with E-state index in [9.17, 15) is 4.79 Å². The summed E-state index contributed by atoms with van der Waals surface area (Å²) in [6.45, 7) is 0.729. The van der Waals surface area contributed by atoms with Crippen molar-refractivity contribution in [3.8, 4) is 0 Å². The molecule has 2 saturated heterocycles. The lowest BCUT2D eigenvalue weighted by atomic mass is 9.89. The Labute approximate surface area is 132 Å². The number of carbonyl (C=O) groups excluding carboxylic acids is 1. The smallest absolute Gasteiger partial charge is 0.222 e. The molecule has 3 heterocycles. The topological polar surface area (TPSA) is 32.3 Å². The van der Waals surface area contributed by atoms with Gasteiger partial charge in [-0.3, -0.25) is 4.79 Å². The van der Waals surface area contributed by atoms with Crippen LogP contribution in [0.4, 0.5) is 0 Å². The highest BCUT2D eigenvalue weighted by Gasteiger charge is 2.34. The number of fused-ring (bicyclic) bond motifs is 2. The second-order valence-corrected chi connectivity index (χ2v) is 8.07. The van der Waals surface area contributed by atoms with Crippen LogP contribution in [0.2, 0.25) is 0 Å². The average molecular weight is 357 g/mol. The Kier molecular flexibility index (Phi) is 4.48. The fraction of sp³-hybridized carbons (Fsp3) is 0.667. The molecule has 0 radical (unpaired) electrons. The number of nitrogens with zero attached hydrogens (tertiary/aromatic N) is 1. The van der Waals surface area contributed by atoms with Crippen LogP contribution in [0, 0.1) is 5.92 Å². The Bertz CT molecular complexity index is 478. The van der Waals surface area contributed by atoms with E-state index in [1.54, 1.807) is 11.3 Å². The van der Waals surface area contributed by atoms with Crippen LogP contribution in [-0.4, -0.2) is 29.9 Å². The lowest BCUT2D eigenvalue weighted by molar-refractivity contribution is -0.131. The molecule has 110 valence electrons. The predicted octanol–water partition coefficient (Wildman–Crippen LogP) is 3.39. The van der Waals surface area contributed by atoms with E-state index in [1.807, 2.05) is 11.9 Å². The summed E-state index contributed by atoms with van der Waals surface area (Å²) in [5.74, 6) is 0.875. The van der Waals surface area contributed by atoms with Gasteiger partial charge < -0.3 is 10.2 Å². The summed E-state index contributed by atoms with van der Waals surface area (Å²) < 4.78 is 1.10. The first kappa shape index (κ1) is 14.5. The maximum absolute atomic E-state index is 12.4. The summed E-state index contributed by atoms with van der Waals surface area (Å²) in [7, 11) is 1.92. The molecule has 1 aromatic rings. The standard InChI is InChI=1S/C15H21BrN2OS/c1-18(8-14-7-11(16)9-20-14)15(19)6-10-4-12-2-3-13(5-10)17-12/h7,9-10,12-13,17H,2-6,8H2,1H3. The van der Waals surface area contributed by atoms with Gasteiger partial charge in [-0.1, -0.05) is 0 Å². The van der Waals surface area contributed by atoms with E-state index >= 15 is 0 Å². The van der Waals surface area contributed by atoms with Gasteiger partial charge in [0.1, 0.15) is 0 Å². The molecule has 2 unspecified atom stereocenters. The van der Waals surface area contributed by atoms with Crippen LogP contribution in [0.3, 0.4) is 0 Å². The third-order valence-corrected chi connectivity index (χ3v) is 6.16. The average Bonchev–Trinajstić information content (AvgIpc) is 2.95. The zero-order valence-corrected chi connectivity index (χ0v) is 14.2. The fourth-order valence-electron chi connectivity index (χ4n) is 3.50. The molecule has 20 heavy (non-hydrogen) atoms. The van der Waals surface area contributed by atoms with Crippen LogP contribution in [-0.2, 0) is 11.3 Å². The summed E-state index contributed by atoms with van der Waals surface area (Å²) in [6, 6.07) is 3.44. The molecule has 2 aliphatic heterocycles. The van der Waals surface area contributed by atoms with Gasteiger partial charge in [-0.15, -0.1) is 11.3 Å². The molecule has 1 aromatic heterocycles. The molecular formula is C15H21BrN2OS. The molecule has 0 spiro atoms. The Balaban J connectivity index is 1.51. The number of rotatable bonds is 4. The minimum absolute atomic E-state index is 0.292. The third-order valence-electron chi connectivity index (χ3n) is 4.47. The first-order valence-electron chi connectivity index (χ1n) is 7.33. The summed E-state index contributed by atoms with van der Waals surface area (Å²) in [4.78, 5) is 15.5. The molecule has 2 bridgehead atoms. The summed E-state index contributed by atoms with van der Waals surface area (Å²) in [5, 5.41) is 5.70. The van der Waals surface area contributed by atoms with E-state index in [-0.39, 0.29) is 0 Å². The monoisotopic (exact) mass is 356 g/mol. The van der Waals surface area contributed by atoms with Crippen LogP contribution in [0.5, 0.6) is 0 Å². The number of hydrogen-bond donors (Lipinski definition) is 1. The van der Waals surface area contributed by atoms with Gasteiger partial charge >= 0.3 is 0 Å². The number of amides is 1. The van der Waals surface area contributed by atoms with Crippen LogP contribution in [0.15, 0.2) is 15.9 Å². The van der Waals surface area contributed by atoms with Crippen LogP contribution in [0.25, 0.3) is 0 Å². The van der Waals surface area contributed by atoms with Crippen molar-refractivity contribution in [1.82, 2.24) is 10.2 Å². The van der Waals surface area contributed by atoms with Crippen molar-refractivity contribution >= 4 is 33.2 Å². The molecule has 3 nitrogen and oxygen atoms in total. The van der Waals surface area contributed by atoms with Gasteiger partial charge in [0, 0.05) is 40.3 Å². The minimum atomic E-state index is 0.292. The van der Waals surface area contributed by atoms with E-state index in [0.29, 0.717) is 23.9 Å². The van der Waals surface area contributed by atoms with Crippen LogP contribution >= 0.6 is 27.3 Å². The van der Waals surface area contributed by atoms with Gasteiger partial charge in [0.25, 0.3) is 0 Å². The number of carbonyl (C=O) groups is 1. The van der Waals surface area contributed by atoms with Gasteiger partial charge in [-0.25, -0.2) is 0 Å². The number of hydrogen-bond acceptors (Lipinski definition) is 3. The summed E-state index contributed by atoms with van der Waals surface area (Å²) in [6.07, 6.45) is 5.68. The summed E-state index contributed by atoms with van der Waals surface area (Å²) in [5.41, 5.74) is 0. The van der Waals surface area contributed by atoms with Gasteiger partial charge in [0.05, 0.1) is 6.54 Å². The second-order valence-electron chi connectivity index (χ2n) is 6.16. The molecule has 3 rings (SSSR count). The molecular weight excluding hydrogens is 336 g/mol. The molecule has 0 aromatic carbocycles. The van der Waals surface area contributed by atoms with Crippen molar-refractivity contribution in [3.63, 3.8) is 0 Å². The van der Waals surface area contributed by atoms with Gasteiger partial charge in [0.15, 0.2) is 0 Å². The molecule has 0 saturated carbocycles. The van der Waals surface area contributed by atoms with Gasteiger partial charge in [-0.2, -0.15) is 0 Å². The lowest BCUT2D eigenvalue weighted by Crippen LogP contribution is -2.39. The van der Waals surface area contributed by atoms with Gasteiger partial charge in [-0.05, 0) is 53.6 Å². The Hall–Kier alpha value is -0.390. The molecule has 0 aliphatic carbocycles. The second kappa shape index (κ2) is 6.16. The molecule has 1 N–H and O–H groups in total. The lowest BCUT2D eigenvalue weighted by Gasteiger charge is -2.29. The van der Waals surface area contributed by atoms with Gasteiger partial charge in [0.2, 0.25) is 5.91 Å². The van der Waals surface area contributed by atoms with Crippen molar-refractivity contribution < 1.29 is 4.79 Å². The van der Waals surface area contributed by atoms with Crippen molar-refractivity contribution in [1.29, 1.82) is 0 Å². The van der Waals surface area contributed by atoms with E-state index in [4.69, 9.17) is 0 Å². The van der Waals surface area contributed by atoms with Crippen LogP contribution < -0.4 is 5.32 Å². The SMILES string of the molecule is CN(Cc1cc(Br)cs1)C(=O)CC1CC2CCC(C1)N2. The fourth-order valence-corrected chi connectivity index (χ4v) is 5.01. The van der Waals surface area contributed by atoms with Crippen molar-refractivity contribution in [2.24, 2.45) is 5.92 Å². The van der Waals surface area contributed by atoms with E-state index < -0.39 is 0 Å². The molecule has 2 atom stereocenters. The first-order valence-corrected chi connectivity index (χ1v) is 9.00. The maximum Gasteiger partial charge on any atom is 0.222 e. The number of thiophene rings is 1. The maximum atomic E-state index is 12.4. The Morgan fingerprint density at radius 3 is 2.75 bits per heavy atom. The number of piperidine rings is 1. The normalized spacial score (nSPS) is 28.6. The van der Waals surface area contributed by atoms with Crippen molar-refractivity contribution in [2.45, 2.75) is 50.7 Å². The highest BCUT2D eigenvalue weighted by atomic mass is 79.9. The molecule has 2 aliphatic rings. The molecule has 2 fully saturated rings. The van der Waals surface area contributed by atoms with Crippen molar-refractivity contribution in [2.75, 3.05) is 7.05 Å². The highest BCUT2D eigenvalue weighted by Crippen LogP contribution is 2.33. The number of nitrogens with one attached hydrogen (secondary N) is 1. The zero-order valence-electron chi connectivity index (χ0n) is 11.8. The summed E-state index contributed by atoms with van der Waals surface area (Å²) >= 11 is 5.16. The Morgan fingerprint density at radius 2 is 2.15 bits per heavy atom. The molecule has 5 heteroatoms. The van der Waals surface area contributed by atoms with E-state index in [0.717, 1.165) is 17.4 Å². The third kappa shape index (κ3) is 3.43. The Morgan fingerprint density at radius 1 is 1.45 bits per heavy atom. The highest BCUT2D eigenvalue weighted by molar-refractivity contribution is 9.10. The first-order chi connectivity index (χ1) is 9.60. The molecule has 1 amide bonds.